The molecule has 3 rings (SSSR count). The number of amides is 1. The second-order valence-corrected chi connectivity index (χ2v) is 6.25. The molecule has 3 aromatic rings. The van der Waals surface area contributed by atoms with E-state index in [1.54, 1.807) is 37.3 Å². The minimum absolute atomic E-state index is 0.201. The lowest BCUT2D eigenvalue weighted by atomic mass is 10.0. The van der Waals surface area contributed by atoms with Gasteiger partial charge in [0.05, 0.1) is 12.2 Å². The number of hydrogen-bond acceptors (Lipinski definition) is 3. The zero-order valence-corrected chi connectivity index (χ0v) is 15.2. The minimum atomic E-state index is -0.376. The van der Waals surface area contributed by atoms with Crippen molar-refractivity contribution in [3.8, 4) is 0 Å². The van der Waals surface area contributed by atoms with E-state index >= 15 is 0 Å². The van der Waals surface area contributed by atoms with Crippen LogP contribution >= 0.6 is 15.9 Å². The van der Waals surface area contributed by atoms with Crippen molar-refractivity contribution < 1.29 is 14.3 Å². The summed E-state index contributed by atoms with van der Waals surface area (Å²) in [5, 5.41) is 4.71. The molecule has 0 aliphatic carbocycles. The molecule has 3 aromatic carbocycles. The molecule has 0 aromatic heterocycles. The Balaban J connectivity index is 1.83. The molecule has 1 N–H and O–H groups in total. The molecule has 0 bridgehead atoms. The van der Waals surface area contributed by atoms with Gasteiger partial charge >= 0.3 is 5.97 Å². The molecule has 0 spiro atoms. The molecule has 0 aliphatic rings. The smallest absolute Gasteiger partial charge is 0.338 e. The molecule has 0 radical (unpaired) electrons. The molecule has 0 fully saturated rings. The van der Waals surface area contributed by atoms with Crippen molar-refractivity contribution in [3.63, 3.8) is 0 Å². The average Bonchev–Trinajstić information content (AvgIpc) is 2.62. The Morgan fingerprint density at radius 2 is 1.64 bits per heavy atom. The van der Waals surface area contributed by atoms with Gasteiger partial charge in [0.2, 0.25) is 0 Å². The van der Waals surface area contributed by atoms with Gasteiger partial charge in [0.25, 0.3) is 5.91 Å². The number of esters is 1. The predicted molar refractivity (Wildman–Crippen MR) is 102 cm³/mol. The first kappa shape index (κ1) is 17.2. The number of carbonyl (C=O) groups is 2. The molecule has 4 nitrogen and oxygen atoms in total. The van der Waals surface area contributed by atoms with Crippen molar-refractivity contribution in [2.45, 2.75) is 6.92 Å². The van der Waals surface area contributed by atoms with Crippen LogP contribution in [0.25, 0.3) is 10.8 Å². The monoisotopic (exact) mass is 397 g/mol. The normalized spacial score (nSPS) is 10.5. The van der Waals surface area contributed by atoms with Crippen molar-refractivity contribution in [3.05, 3.63) is 76.3 Å². The topological polar surface area (TPSA) is 55.4 Å². The number of hydrogen-bond donors (Lipinski definition) is 1. The van der Waals surface area contributed by atoms with Gasteiger partial charge < -0.3 is 10.1 Å². The maximum absolute atomic E-state index is 12.6. The van der Waals surface area contributed by atoms with Crippen molar-refractivity contribution in [2.24, 2.45) is 0 Å². The van der Waals surface area contributed by atoms with E-state index < -0.39 is 0 Å². The lowest BCUT2D eigenvalue weighted by Crippen LogP contribution is -2.12. The van der Waals surface area contributed by atoms with Gasteiger partial charge in [-0.2, -0.15) is 0 Å². The molecule has 0 heterocycles. The highest BCUT2D eigenvalue weighted by molar-refractivity contribution is 9.10. The van der Waals surface area contributed by atoms with Crippen molar-refractivity contribution >= 4 is 44.3 Å². The van der Waals surface area contributed by atoms with Crippen LogP contribution in [0.15, 0.2) is 65.1 Å². The van der Waals surface area contributed by atoms with Crippen LogP contribution in [0.3, 0.4) is 0 Å². The second-order valence-electron chi connectivity index (χ2n) is 5.39. The molecule has 25 heavy (non-hydrogen) atoms. The van der Waals surface area contributed by atoms with E-state index in [1.165, 1.54) is 0 Å². The fourth-order valence-electron chi connectivity index (χ4n) is 2.57. The first-order valence-electron chi connectivity index (χ1n) is 7.86. The van der Waals surface area contributed by atoms with Gasteiger partial charge in [-0.05, 0) is 54.1 Å². The number of rotatable bonds is 4. The highest BCUT2D eigenvalue weighted by Crippen LogP contribution is 2.27. The number of carbonyl (C=O) groups excluding carboxylic acids is 2. The molecule has 5 heteroatoms. The Morgan fingerprint density at radius 3 is 2.36 bits per heavy atom. The molecule has 0 atom stereocenters. The summed E-state index contributed by atoms with van der Waals surface area (Å²) in [4.78, 5) is 24.3. The molecule has 0 saturated heterocycles. The first-order valence-corrected chi connectivity index (χ1v) is 8.65. The van der Waals surface area contributed by atoms with Gasteiger partial charge in [-0.25, -0.2) is 4.79 Å². The van der Waals surface area contributed by atoms with Gasteiger partial charge in [-0.3, -0.25) is 4.79 Å². The van der Waals surface area contributed by atoms with Crippen LogP contribution in [0.2, 0.25) is 0 Å². The molecule has 0 aliphatic heterocycles. The van der Waals surface area contributed by atoms with Crippen LogP contribution in [0.1, 0.15) is 27.6 Å². The van der Waals surface area contributed by atoms with E-state index in [0.29, 0.717) is 23.4 Å². The Bertz CT molecular complexity index is 935. The fraction of sp³-hybridized carbons (Fsp3) is 0.100. The summed E-state index contributed by atoms with van der Waals surface area (Å²) in [6.45, 7) is 2.09. The van der Waals surface area contributed by atoms with Gasteiger partial charge in [-0.15, -0.1) is 0 Å². The number of benzene rings is 3. The van der Waals surface area contributed by atoms with E-state index in [-0.39, 0.29) is 11.9 Å². The Labute approximate surface area is 153 Å². The van der Waals surface area contributed by atoms with Crippen LogP contribution in [0, 0.1) is 0 Å². The number of anilines is 1. The lowest BCUT2D eigenvalue weighted by molar-refractivity contribution is 0.0526. The Hall–Kier alpha value is -2.66. The largest absolute Gasteiger partial charge is 0.462 e. The summed E-state index contributed by atoms with van der Waals surface area (Å²) < 4.78 is 5.89. The number of fused-ring (bicyclic) bond motifs is 1. The molecule has 126 valence electrons. The minimum Gasteiger partial charge on any atom is -0.462 e. The van der Waals surface area contributed by atoms with Crippen LogP contribution < -0.4 is 5.32 Å². The zero-order chi connectivity index (χ0) is 17.8. The number of ether oxygens (including phenoxy) is 1. The first-order chi connectivity index (χ1) is 12.1. The maximum Gasteiger partial charge on any atom is 0.338 e. The average molecular weight is 398 g/mol. The lowest BCUT2D eigenvalue weighted by Gasteiger charge is -2.09. The highest BCUT2D eigenvalue weighted by Gasteiger charge is 2.12. The Morgan fingerprint density at radius 1 is 0.960 bits per heavy atom. The summed E-state index contributed by atoms with van der Waals surface area (Å²) in [6, 6.07) is 18.0. The number of halogens is 1. The summed E-state index contributed by atoms with van der Waals surface area (Å²) in [5.74, 6) is -0.577. The third-order valence-corrected chi connectivity index (χ3v) is 4.46. The van der Waals surface area contributed by atoms with E-state index in [2.05, 4.69) is 21.2 Å². The van der Waals surface area contributed by atoms with Crippen molar-refractivity contribution in [1.82, 2.24) is 0 Å². The zero-order valence-electron chi connectivity index (χ0n) is 13.6. The van der Waals surface area contributed by atoms with E-state index in [0.717, 1.165) is 15.2 Å². The second kappa shape index (κ2) is 7.49. The Kier molecular flexibility index (Phi) is 5.14. The third-order valence-electron chi connectivity index (χ3n) is 3.77. The van der Waals surface area contributed by atoms with Gasteiger partial charge in [0.15, 0.2) is 0 Å². The van der Waals surface area contributed by atoms with E-state index in [1.807, 2.05) is 30.3 Å². The molecule has 0 unspecified atom stereocenters. The van der Waals surface area contributed by atoms with E-state index in [4.69, 9.17) is 4.74 Å². The van der Waals surface area contributed by atoms with Crippen LogP contribution in [0.4, 0.5) is 5.69 Å². The molecule has 0 saturated carbocycles. The van der Waals surface area contributed by atoms with Crippen molar-refractivity contribution in [1.29, 1.82) is 0 Å². The molecule has 1 amide bonds. The fourth-order valence-corrected chi connectivity index (χ4v) is 3.07. The molecular weight excluding hydrogens is 382 g/mol. The van der Waals surface area contributed by atoms with Crippen LogP contribution in [-0.2, 0) is 4.74 Å². The summed E-state index contributed by atoms with van der Waals surface area (Å²) >= 11 is 3.51. The van der Waals surface area contributed by atoms with E-state index in [9.17, 15) is 9.59 Å². The predicted octanol–water partition coefficient (Wildman–Crippen LogP) is 5.03. The van der Waals surface area contributed by atoms with Crippen LogP contribution in [-0.4, -0.2) is 18.5 Å². The maximum atomic E-state index is 12.6. The van der Waals surface area contributed by atoms with Gasteiger partial charge in [0, 0.05) is 15.7 Å². The summed E-state index contributed by atoms with van der Waals surface area (Å²) in [6.07, 6.45) is 0. The molecular formula is C20H16BrNO3. The number of nitrogens with one attached hydrogen (secondary N) is 1. The van der Waals surface area contributed by atoms with Gasteiger partial charge in [-0.1, -0.05) is 40.2 Å². The highest BCUT2D eigenvalue weighted by atomic mass is 79.9. The quantitative estimate of drug-likeness (QED) is 0.627. The standard InChI is InChI=1S/C20H16BrNO3/c1-2-25-20(24)13-9-11-14(12-10-13)22-19(23)17-7-3-6-16-15(17)5-4-8-18(16)21/h3-12H,2H2,1H3,(H,22,23). The van der Waals surface area contributed by atoms with Gasteiger partial charge in [0.1, 0.15) is 0 Å². The summed E-state index contributed by atoms with van der Waals surface area (Å²) in [7, 11) is 0. The van der Waals surface area contributed by atoms with Crippen molar-refractivity contribution in [2.75, 3.05) is 11.9 Å². The SMILES string of the molecule is CCOC(=O)c1ccc(NC(=O)c2cccc3c(Br)cccc23)cc1. The third kappa shape index (κ3) is 3.72. The van der Waals surface area contributed by atoms with Crippen LogP contribution in [0.5, 0.6) is 0 Å². The summed E-state index contributed by atoms with van der Waals surface area (Å²) in [5.41, 5.74) is 1.66.